The van der Waals surface area contributed by atoms with E-state index in [1.165, 1.54) is 19.2 Å². The number of carboxylic acid groups (broad SMARTS) is 1. The van der Waals surface area contributed by atoms with Gasteiger partial charge in [0.25, 0.3) is 0 Å². The Morgan fingerprint density at radius 3 is 2.54 bits per heavy atom. The Kier molecular flexibility index (Phi) is 5.17. The highest BCUT2D eigenvalue weighted by Gasteiger charge is 2.52. The van der Waals surface area contributed by atoms with E-state index >= 15 is 0 Å². The zero-order valence-electron chi connectivity index (χ0n) is 13.0. The quantitative estimate of drug-likeness (QED) is 0.795. The highest BCUT2D eigenvalue weighted by atomic mass is 19.4. The SMILES string of the molecule is COCCC(NC(=O)C1(c2cccc(C(F)(F)F)c2)CC1)C(=O)O. The van der Waals surface area contributed by atoms with Gasteiger partial charge in [0, 0.05) is 20.1 Å². The van der Waals surface area contributed by atoms with Gasteiger partial charge in [0.1, 0.15) is 6.04 Å². The van der Waals surface area contributed by atoms with Crippen molar-refractivity contribution in [2.45, 2.75) is 36.9 Å². The van der Waals surface area contributed by atoms with Crippen molar-refractivity contribution in [3.05, 3.63) is 35.4 Å². The number of carbonyl (C=O) groups is 2. The first-order chi connectivity index (χ1) is 11.2. The first-order valence-electron chi connectivity index (χ1n) is 7.41. The highest BCUT2D eigenvalue weighted by molar-refractivity contribution is 5.94. The third-order valence-corrected chi connectivity index (χ3v) is 4.14. The number of hydrogen-bond acceptors (Lipinski definition) is 3. The largest absolute Gasteiger partial charge is 0.480 e. The Morgan fingerprint density at radius 2 is 2.04 bits per heavy atom. The van der Waals surface area contributed by atoms with Crippen LogP contribution in [0.25, 0.3) is 0 Å². The molecule has 24 heavy (non-hydrogen) atoms. The summed E-state index contributed by atoms with van der Waals surface area (Å²) in [5.74, 6) is -1.77. The lowest BCUT2D eigenvalue weighted by atomic mass is 9.93. The molecule has 132 valence electrons. The van der Waals surface area contributed by atoms with Crippen molar-refractivity contribution in [1.29, 1.82) is 0 Å². The molecule has 1 aliphatic carbocycles. The van der Waals surface area contributed by atoms with E-state index in [2.05, 4.69) is 5.32 Å². The van der Waals surface area contributed by atoms with Crippen molar-refractivity contribution in [2.75, 3.05) is 13.7 Å². The Balaban J connectivity index is 2.18. The maximum Gasteiger partial charge on any atom is 0.416 e. The number of rotatable bonds is 7. The van der Waals surface area contributed by atoms with Crippen LogP contribution in [0.2, 0.25) is 0 Å². The third kappa shape index (κ3) is 3.87. The van der Waals surface area contributed by atoms with Crippen LogP contribution in [0.15, 0.2) is 24.3 Å². The van der Waals surface area contributed by atoms with Gasteiger partial charge in [-0.3, -0.25) is 4.79 Å². The number of nitrogens with one attached hydrogen (secondary N) is 1. The van der Waals surface area contributed by atoms with Crippen LogP contribution in [-0.2, 0) is 25.9 Å². The van der Waals surface area contributed by atoms with E-state index in [9.17, 15) is 22.8 Å². The van der Waals surface area contributed by atoms with Crippen LogP contribution in [0.5, 0.6) is 0 Å². The van der Waals surface area contributed by atoms with Crippen LogP contribution in [-0.4, -0.2) is 36.7 Å². The second kappa shape index (κ2) is 6.80. The number of aliphatic carboxylic acids is 1. The topological polar surface area (TPSA) is 75.6 Å². The third-order valence-electron chi connectivity index (χ3n) is 4.14. The lowest BCUT2D eigenvalue weighted by Crippen LogP contribution is -2.46. The molecule has 8 heteroatoms. The van der Waals surface area contributed by atoms with Gasteiger partial charge in [0.15, 0.2) is 0 Å². The van der Waals surface area contributed by atoms with Gasteiger partial charge in [0.05, 0.1) is 11.0 Å². The summed E-state index contributed by atoms with van der Waals surface area (Å²) in [6.45, 7) is 0.147. The molecule has 0 radical (unpaired) electrons. The summed E-state index contributed by atoms with van der Waals surface area (Å²) >= 11 is 0. The molecule has 0 aromatic heterocycles. The maximum atomic E-state index is 12.8. The molecule has 1 aromatic rings. The van der Waals surface area contributed by atoms with E-state index < -0.39 is 35.1 Å². The molecule has 0 aliphatic heterocycles. The summed E-state index contributed by atoms with van der Waals surface area (Å²) in [5.41, 5.74) is -1.65. The van der Waals surface area contributed by atoms with Gasteiger partial charge in [-0.05, 0) is 24.5 Å². The molecule has 1 aliphatic rings. The normalized spacial score (nSPS) is 17.2. The Hall–Kier alpha value is -2.09. The van der Waals surface area contributed by atoms with E-state index in [0.717, 1.165) is 12.1 Å². The van der Waals surface area contributed by atoms with Gasteiger partial charge in [-0.15, -0.1) is 0 Å². The zero-order chi connectivity index (χ0) is 18.0. The molecule has 0 spiro atoms. The summed E-state index contributed by atoms with van der Waals surface area (Å²) < 4.78 is 43.3. The lowest BCUT2D eigenvalue weighted by Gasteiger charge is -2.21. The van der Waals surface area contributed by atoms with E-state index in [4.69, 9.17) is 9.84 Å². The number of hydrogen-bond donors (Lipinski definition) is 2. The first kappa shape index (κ1) is 18.3. The Morgan fingerprint density at radius 1 is 1.38 bits per heavy atom. The average molecular weight is 345 g/mol. The molecular formula is C16H18F3NO4. The molecule has 1 fully saturated rings. The number of amides is 1. The summed E-state index contributed by atoms with van der Waals surface area (Å²) in [7, 11) is 1.41. The summed E-state index contributed by atoms with van der Waals surface area (Å²) in [4.78, 5) is 23.7. The standard InChI is InChI=1S/C16H18F3NO4/c1-24-8-5-12(13(21)22)20-14(23)15(6-7-15)10-3-2-4-11(9-10)16(17,18)19/h2-4,9,12H,5-8H2,1H3,(H,20,23)(H,21,22). The van der Waals surface area contributed by atoms with Crippen molar-refractivity contribution >= 4 is 11.9 Å². The van der Waals surface area contributed by atoms with Crippen LogP contribution in [0, 0.1) is 0 Å². The van der Waals surface area contributed by atoms with Crippen molar-refractivity contribution < 1.29 is 32.6 Å². The minimum atomic E-state index is -4.50. The maximum absolute atomic E-state index is 12.8. The van der Waals surface area contributed by atoms with Crippen LogP contribution in [0.1, 0.15) is 30.4 Å². The van der Waals surface area contributed by atoms with Gasteiger partial charge >= 0.3 is 12.1 Å². The molecule has 2 N–H and O–H groups in total. The summed E-state index contributed by atoms with van der Waals surface area (Å²) in [6.07, 6.45) is -3.64. The predicted octanol–water partition coefficient (Wildman–Crippen LogP) is 2.34. The van der Waals surface area contributed by atoms with Crippen molar-refractivity contribution in [3.63, 3.8) is 0 Å². The van der Waals surface area contributed by atoms with Crippen LogP contribution in [0.3, 0.4) is 0 Å². The van der Waals surface area contributed by atoms with E-state index in [0.29, 0.717) is 12.8 Å². The first-order valence-corrected chi connectivity index (χ1v) is 7.41. The molecule has 0 bridgehead atoms. The second-order valence-corrected chi connectivity index (χ2v) is 5.81. The molecule has 5 nitrogen and oxygen atoms in total. The highest BCUT2D eigenvalue weighted by Crippen LogP contribution is 2.49. The minimum absolute atomic E-state index is 0.0796. The molecule has 0 saturated heterocycles. The lowest BCUT2D eigenvalue weighted by molar-refractivity contribution is -0.142. The Bertz CT molecular complexity index is 626. The monoisotopic (exact) mass is 345 g/mol. The molecule has 0 heterocycles. The zero-order valence-corrected chi connectivity index (χ0v) is 13.0. The molecule has 2 rings (SSSR count). The second-order valence-electron chi connectivity index (χ2n) is 5.81. The molecule has 1 aromatic carbocycles. The van der Waals surface area contributed by atoms with Crippen LogP contribution in [0.4, 0.5) is 13.2 Å². The number of carboxylic acids is 1. The van der Waals surface area contributed by atoms with Crippen LogP contribution >= 0.6 is 0 Å². The molecule has 1 amide bonds. The minimum Gasteiger partial charge on any atom is -0.480 e. The number of halogens is 3. The smallest absolute Gasteiger partial charge is 0.416 e. The van der Waals surface area contributed by atoms with Crippen molar-refractivity contribution in [1.82, 2.24) is 5.32 Å². The van der Waals surface area contributed by atoms with Gasteiger partial charge in [-0.2, -0.15) is 13.2 Å². The van der Waals surface area contributed by atoms with Gasteiger partial charge in [0.2, 0.25) is 5.91 Å². The molecule has 1 atom stereocenters. The number of benzene rings is 1. The van der Waals surface area contributed by atoms with Gasteiger partial charge in [-0.1, -0.05) is 18.2 Å². The predicted molar refractivity (Wildman–Crippen MR) is 78.4 cm³/mol. The Labute approximate surface area is 136 Å². The van der Waals surface area contributed by atoms with Gasteiger partial charge in [-0.25, -0.2) is 4.79 Å². The number of carbonyl (C=O) groups excluding carboxylic acids is 1. The molecule has 1 unspecified atom stereocenters. The number of methoxy groups -OCH3 is 1. The fourth-order valence-electron chi connectivity index (χ4n) is 2.55. The van der Waals surface area contributed by atoms with E-state index in [1.54, 1.807) is 0 Å². The van der Waals surface area contributed by atoms with Crippen LogP contribution < -0.4 is 5.32 Å². The fraction of sp³-hybridized carbons (Fsp3) is 0.500. The van der Waals surface area contributed by atoms with Crippen molar-refractivity contribution in [2.24, 2.45) is 0 Å². The number of alkyl halides is 3. The summed E-state index contributed by atoms with van der Waals surface area (Å²) in [5, 5.41) is 11.5. The fourth-order valence-corrected chi connectivity index (χ4v) is 2.55. The van der Waals surface area contributed by atoms with E-state index in [1.807, 2.05) is 0 Å². The summed E-state index contributed by atoms with van der Waals surface area (Å²) in [6, 6.07) is 3.48. The van der Waals surface area contributed by atoms with Gasteiger partial charge < -0.3 is 15.2 Å². The average Bonchev–Trinajstić information content (AvgIpc) is 3.32. The number of ether oxygens (including phenoxy) is 1. The van der Waals surface area contributed by atoms with E-state index in [-0.39, 0.29) is 18.6 Å². The van der Waals surface area contributed by atoms with Crippen molar-refractivity contribution in [3.8, 4) is 0 Å². The molecular weight excluding hydrogens is 327 g/mol. The molecule has 1 saturated carbocycles.